The Bertz CT molecular complexity index is 368. The highest BCUT2D eigenvalue weighted by Crippen LogP contribution is 2.15. The molecule has 0 spiro atoms. The second-order valence-corrected chi connectivity index (χ2v) is 12.5. The molecule has 0 fully saturated rings. The van der Waals surface area contributed by atoms with E-state index in [1.807, 2.05) is 0 Å². The first-order valence-corrected chi connectivity index (χ1v) is 18.6. The third-order valence-corrected chi connectivity index (χ3v) is 8.45. The minimum absolute atomic E-state index is 0.498. The fourth-order valence-corrected chi connectivity index (χ4v) is 5.68. The monoisotopic (exact) mass is 551 g/mol. The lowest BCUT2D eigenvalue weighted by Gasteiger charge is -2.06. The van der Waals surface area contributed by atoms with Crippen molar-refractivity contribution in [2.24, 2.45) is 0 Å². The van der Waals surface area contributed by atoms with Gasteiger partial charge >= 0.3 is 7.69 Å². The Labute approximate surface area is 249 Å². The van der Waals surface area contributed by atoms with Gasteiger partial charge in [0.1, 0.15) is 0 Å². The van der Waals surface area contributed by atoms with E-state index in [0.717, 1.165) is 13.2 Å². The Kier molecular flexibility index (Phi) is 38.0. The highest BCUT2D eigenvalue weighted by molar-refractivity contribution is 6.17. The van der Waals surface area contributed by atoms with E-state index in [9.17, 15) is 0 Å². The lowest BCUT2D eigenvalue weighted by atomic mass is 10.0. The Morgan fingerprint density at radius 2 is 0.436 bits per heavy atom. The Balaban J connectivity index is 3.01. The number of unbranched alkanes of at least 4 members (excludes halogenated alkanes) is 30. The average molecular weight is 551 g/mol. The minimum atomic E-state index is 0.498. The maximum atomic E-state index is 5.66. The first kappa shape index (κ1) is 39.0. The molecule has 0 saturated heterocycles. The van der Waals surface area contributed by atoms with Crippen molar-refractivity contribution in [3.63, 3.8) is 0 Å². The molecule has 2 nitrogen and oxygen atoms in total. The third kappa shape index (κ3) is 38.0. The fourth-order valence-electron chi connectivity index (χ4n) is 5.68. The van der Waals surface area contributed by atoms with E-state index in [0.29, 0.717) is 7.69 Å². The van der Waals surface area contributed by atoms with Crippen LogP contribution in [-0.4, -0.2) is 20.9 Å². The molecule has 0 amide bonds. The van der Waals surface area contributed by atoms with Crippen molar-refractivity contribution in [1.29, 1.82) is 0 Å². The summed E-state index contributed by atoms with van der Waals surface area (Å²) in [6, 6.07) is 0. The van der Waals surface area contributed by atoms with Gasteiger partial charge < -0.3 is 9.31 Å². The molecule has 0 aromatic rings. The van der Waals surface area contributed by atoms with Gasteiger partial charge in [-0.25, -0.2) is 0 Å². The fraction of sp³-hybridized carbons (Fsp3) is 1.00. The molecule has 3 heteroatoms. The zero-order chi connectivity index (χ0) is 28.2. The standard InChI is InChI=1S/C36H75BO2/c1-3-5-7-9-11-13-15-17-19-21-23-25-27-29-31-33-35-38-37-39-36-34-32-30-28-26-24-22-20-18-16-14-12-10-8-6-4-2/h37H,3-36H2,1-2H3. The molecular formula is C36H75BO2. The zero-order valence-corrected chi connectivity index (χ0v) is 27.6. The van der Waals surface area contributed by atoms with Gasteiger partial charge in [0.05, 0.1) is 0 Å². The minimum Gasteiger partial charge on any atom is -0.414 e. The van der Waals surface area contributed by atoms with Crippen LogP contribution in [0.2, 0.25) is 0 Å². The van der Waals surface area contributed by atoms with Crippen molar-refractivity contribution >= 4 is 7.69 Å². The smallest absolute Gasteiger partial charge is 0.414 e. The highest BCUT2D eigenvalue weighted by Gasteiger charge is 1.98. The molecule has 0 aliphatic carbocycles. The molecule has 0 N–H and O–H groups in total. The van der Waals surface area contributed by atoms with E-state index >= 15 is 0 Å². The molecule has 0 atom stereocenters. The molecule has 0 radical (unpaired) electrons. The van der Waals surface area contributed by atoms with Crippen LogP contribution in [0.1, 0.15) is 219 Å². The largest absolute Gasteiger partial charge is 0.438 e. The van der Waals surface area contributed by atoms with Gasteiger partial charge in [-0.2, -0.15) is 0 Å². The average Bonchev–Trinajstić information content (AvgIpc) is 2.95. The van der Waals surface area contributed by atoms with E-state index in [1.165, 1.54) is 205 Å². The molecule has 0 aliphatic rings. The molecule has 39 heavy (non-hydrogen) atoms. The van der Waals surface area contributed by atoms with Crippen LogP contribution in [0.5, 0.6) is 0 Å². The Morgan fingerprint density at radius 3 is 0.641 bits per heavy atom. The summed E-state index contributed by atoms with van der Waals surface area (Å²) in [6.07, 6.45) is 45.3. The van der Waals surface area contributed by atoms with Crippen molar-refractivity contribution in [2.45, 2.75) is 219 Å². The maximum Gasteiger partial charge on any atom is 0.438 e. The van der Waals surface area contributed by atoms with Crippen molar-refractivity contribution < 1.29 is 9.31 Å². The first-order valence-electron chi connectivity index (χ1n) is 18.6. The number of hydrogen-bond acceptors (Lipinski definition) is 2. The molecule has 0 heterocycles. The Morgan fingerprint density at radius 1 is 0.256 bits per heavy atom. The van der Waals surface area contributed by atoms with Crippen LogP contribution >= 0.6 is 0 Å². The topological polar surface area (TPSA) is 18.5 Å². The van der Waals surface area contributed by atoms with E-state index in [2.05, 4.69) is 13.8 Å². The predicted octanol–water partition coefficient (Wildman–Crippen LogP) is 12.8. The van der Waals surface area contributed by atoms with E-state index in [4.69, 9.17) is 9.31 Å². The third-order valence-electron chi connectivity index (χ3n) is 8.45. The van der Waals surface area contributed by atoms with E-state index < -0.39 is 0 Å². The summed E-state index contributed by atoms with van der Waals surface area (Å²) in [7, 11) is 0.498. The normalized spacial score (nSPS) is 11.4. The van der Waals surface area contributed by atoms with Crippen molar-refractivity contribution in [3.05, 3.63) is 0 Å². The number of rotatable bonds is 36. The van der Waals surface area contributed by atoms with Crippen LogP contribution in [0.4, 0.5) is 0 Å². The summed E-state index contributed by atoms with van der Waals surface area (Å²) < 4.78 is 11.3. The van der Waals surface area contributed by atoms with Crippen molar-refractivity contribution in [3.8, 4) is 0 Å². The molecule has 0 unspecified atom stereocenters. The Hall–Kier alpha value is -0.0151. The molecule has 0 rings (SSSR count). The van der Waals surface area contributed by atoms with Gasteiger partial charge in [-0.15, -0.1) is 0 Å². The molecule has 0 saturated carbocycles. The van der Waals surface area contributed by atoms with Gasteiger partial charge in [0.15, 0.2) is 0 Å². The highest BCUT2D eigenvalue weighted by atomic mass is 16.6. The van der Waals surface area contributed by atoms with Crippen LogP contribution in [0, 0.1) is 0 Å². The molecular weight excluding hydrogens is 475 g/mol. The quantitative estimate of drug-likeness (QED) is 0.0570. The van der Waals surface area contributed by atoms with Crippen LogP contribution < -0.4 is 0 Å². The maximum absolute atomic E-state index is 5.66. The van der Waals surface area contributed by atoms with Gasteiger partial charge in [0.25, 0.3) is 0 Å². The van der Waals surface area contributed by atoms with Gasteiger partial charge in [-0.05, 0) is 12.8 Å². The SMILES string of the molecule is CCCCCCCCCCCCCCCCCCOBOCCCCCCCCCCCCCCCCCC. The molecule has 0 aliphatic heterocycles. The summed E-state index contributed by atoms with van der Waals surface area (Å²) in [5.74, 6) is 0. The summed E-state index contributed by atoms with van der Waals surface area (Å²) in [5, 5.41) is 0. The summed E-state index contributed by atoms with van der Waals surface area (Å²) in [4.78, 5) is 0. The van der Waals surface area contributed by atoms with Crippen LogP contribution in [0.15, 0.2) is 0 Å². The second-order valence-electron chi connectivity index (χ2n) is 12.5. The van der Waals surface area contributed by atoms with Crippen LogP contribution in [0.25, 0.3) is 0 Å². The molecule has 234 valence electrons. The molecule has 0 aromatic carbocycles. The molecule has 0 bridgehead atoms. The zero-order valence-electron chi connectivity index (χ0n) is 27.6. The van der Waals surface area contributed by atoms with Gasteiger partial charge in [-0.1, -0.05) is 206 Å². The van der Waals surface area contributed by atoms with Crippen LogP contribution in [0.3, 0.4) is 0 Å². The van der Waals surface area contributed by atoms with Gasteiger partial charge in [0.2, 0.25) is 0 Å². The predicted molar refractivity (Wildman–Crippen MR) is 178 cm³/mol. The summed E-state index contributed by atoms with van der Waals surface area (Å²) >= 11 is 0. The first-order chi connectivity index (χ1) is 19.4. The second kappa shape index (κ2) is 38.0. The van der Waals surface area contributed by atoms with Crippen LogP contribution in [-0.2, 0) is 9.31 Å². The lowest BCUT2D eigenvalue weighted by Crippen LogP contribution is -2.07. The van der Waals surface area contributed by atoms with Gasteiger partial charge in [0, 0.05) is 13.2 Å². The van der Waals surface area contributed by atoms with E-state index in [-0.39, 0.29) is 0 Å². The van der Waals surface area contributed by atoms with E-state index in [1.54, 1.807) is 0 Å². The molecule has 0 aromatic heterocycles. The van der Waals surface area contributed by atoms with Crippen molar-refractivity contribution in [1.82, 2.24) is 0 Å². The summed E-state index contributed by atoms with van der Waals surface area (Å²) in [5.41, 5.74) is 0. The van der Waals surface area contributed by atoms with Crippen molar-refractivity contribution in [2.75, 3.05) is 13.2 Å². The lowest BCUT2D eigenvalue weighted by molar-refractivity contribution is 0.213. The number of hydrogen-bond donors (Lipinski definition) is 0. The summed E-state index contributed by atoms with van der Waals surface area (Å²) in [6.45, 7) is 6.34. The van der Waals surface area contributed by atoms with Gasteiger partial charge in [-0.3, -0.25) is 0 Å².